The fourth-order valence-electron chi connectivity index (χ4n) is 3.66. The van der Waals surface area contributed by atoms with E-state index in [0.29, 0.717) is 12.1 Å². The topological polar surface area (TPSA) is 18.5 Å². The lowest BCUT2D eigenvalue weighted by Crippen LogP contribution is -2.64. The number of benzene rings is 1. The molecule has 0 aromatic heterocycles. The zero-order valence-corrected chi connectivity index (χ0v) is 12.8. The number of nitrogens with one attached hydrogen (secondary N) is 1. The van der Waals surface area contributed by atoms with E-state index in [2.05, 4.69) is 53.2 Å². The molecular weight excluding hydrogens is 246 g/mol. The molecule has 4 rings (SSSR count). The molecule has 1 aromatic rings. The maximum atomic E-state index is 3.81. The van der Waals surface area contributed by atoms with Gasteiger partial charge in [0, 0.05) is 44.8 Å². The third-order valence-electron chi connectivity index (χ3n) is 4.84. The predicted molar refractivity (Wildman–Crippen MR) is 84.0 cm³/mol. The largest absolute Gasteiger partial charge is 0.309 e. The SMILES string of the molecule is CCCNC(c1ccccc1C)C1CN2CCN1CC2. The summed E-state index contributed by atoms with van der Waals surface area (Å²) in [5.74, 6) is 0. The molecule has 2 unspecified atom stereocenters. The second-order valence-corrected chi connectivity index (χ2v) is 6.19. The van der Waals surface area contributed by atoms with Crippen LogP contribution >= 0.6 is 0 Å². The van der Waals surface area contributed by atoms with Crippen LogP contribution in [0.25, 0.3) is 0 Å². The summed E-state index contributed by atoms with van der Waals surface area (Å²) in [7, 11) is 0. The first-order valence-corrected chi connectivity index (χ1v) is 8.05. The van der Waals surface area contributed by atoms with Gasteiger partial charge in [-0.25, -0.2) is 0 Å². The molecule has 0 amide bonds. The van der Waals surface area contributed by atoms with Gasteiger partial charge in [0.25, 0.3) is 0 Å². The van der Waals surface area contributed by atoms with Gasteiger partial charge in [0.15, 0.2) is 0 Å². The average Bonchev–Trinajstić information content (AvgIpc) is 2.50. The summed E-state index contributed by atoms with van der Waals surface area (Å²) in [5, 5.41) is 3.81. The lowest BCUT2D eigenvalue weighted by atomic mass is 9.91. The minimum atomic E-state index is 0.472. The Balaban J connectivity index is 1.84. The summed E-state index contributed by atoms with van der Waals surface area (Å²) in [6.07, 6.45) is 1.19. The second kappa shape index (κ2) is 6.25. The normalized spacial score (nSPS) is 30.4. The third kappa shape index (κ3) is 2.76. The van der Waals surface area contributed by atoms with E-state index in [9.17, 15) is 0 Å². The van der Waals surface area contributed by atoms with Crippen molar-refractivity contribution in [3.8, 4) is 0 Å². The van der Waals surface area contributed by atoms with E-state index >= 15 is 0 Å². The predicted octanol–water partition coefficient (Wildman–Crippen LogP) is 2.04. The molecule has 3 heterocycles. The quantitative estimate of drug-likeness (QED) is 0.885. The maximum Gasteiger partial charge on any atom is 0.0493 e. The Bertz CT molecular complexity index is 438. The lowest BCUT2D eigenvalue weighted by molar-refractivity contribution is -0.00373. The second-order valence-electron chi connectivity index (χ2n) is 6.19. The molecule has 110 valence electrons. The number of fused-ring (bicyclic) bond motifs is 3. The van der Waals surface area contributed by atoms with Crippen LogP contribution in [-0.4, -0.2) is 55.1 Å². The highest BCUT2D eigenvalue weighted by Crippen LogP contribution is 2.29. The summed E-state index contributed by atoms with van der Waals surface area (Å²) < 4.78 is 0. The van der Waals surface area contributed by atoms with Crippen LogP contribution in [0.15, 0.2) is 24.3 Å². The van der Waals surface area contributed by atoms with Crippen molar-refractivity contribution < 1.29 is 0 Å². The maximum absolute atomic E-state index is 3.81. The first kappa shape index (κ1) is 14.1. The van der Waals surface area contributed by atoms with E-state index < -0.39 is 0 Å². The number of hydrogen-bond acceptors (Lipinski definition) is 3. The van der Waals surface area contributed by atoms with E-state index in [4.69, 9.17) is 0 Å². The molecule has 3 nitrogen and oxygen atoms in total. The van der Waals surface area contributed by atoms with Crippen LogP contribution in [0.3, 0.4) is 0 Å². The van der Waals surface area contributed by atoms with Crippen molar-refractivity contribution in [2.24, 2.45) is 0 Å². The Labute approximate surface area is 123 Å². The van der Waals surface area contributed by atoms with Gasteiger partial charge in [0.2, 0.25) is 0 Å². The first-order chi connectivity index (χ1) is 9.79. The van der Waals surface area contributed by atoms with Gasteiger partial charge in [-0.2, -0.15) is 0 Å². The molecule has 1 N–H and O–H groups in total. The molecule has 0 radical (unpaired) electrons. The summed E-state index contributed by atoms with van der Waals surface area (Å²) >= 11 is 0. The first-order valence-electron chi connectivity index (χ1n) is 8.05. The van der Waals surface area contributed by atoms with Crippen molar-refractivity contribution in [2.75, 3.05) is 39.3 Å². The molecule has 2 atom stereocenters. The van der Waals surface area contributed by atoms with Gasteiger partial charge in [-0.3, -0.25) is 9.80 Å². The Hall–Kier alpha value is -0.900. The van der Waals surface area contributed by atoms with Crippen molar-refractivity contribution in [2.45, 2.75) is 32.4 Å². The van der Waals surface area contributed by atoms with Crippen LogP contribution in [0.1, 0.15) is 30.5 Å². The molecule has 3 aliphatic rings. The molecular formula is C17H27N3. The Morgan fingerprint density at radius 3 is 2.55 bits per heavy atom. The summed E-state index contributed by atoms with van der Waals surface area (Å²) in [6.45, 7) is 11.8. The highest BCUT2D eigenvalue weighted by atomic mass is 15.4. The van der Waals surface area contributed by atoms with Crippen LogP contribution in [0.5, 0.6) is 0 Å². The Kier molecular flexibility index (Phi) is 4.39. The Morgan fingerprint density at radius 1 is 1.20 bits per heavy atom. The fraction of sp³-hybridized carbons (Fsp3) is 0.647. The zero-order chi connectivity index (χ0) is 13.9. The van der Waals surface area contributed by atoms with Crippen LogP contribution in [0, 0.1) is 6.92 Å². The van der Waals surface area contributed by atoms with Crippen molar-refractivity contribution in [1.82, 2.24) is 15.1 Å². The smallest absolute Gasteiger partial charge is 0.0493 e. The zero-order valence-electron chi connectivity index (χ0n) is 12.8. The van der Waals surface area contributed by atoms with Gasteiger partial charge in [-0.15, -0.1) is 0 Å². The van der Waals surface area contributed by atoms with Gasteiger partial charge >= 0.3 is 0 Å². The van der Waals surface area contributed by atoms with E-state index in [1.807, 2.05) is 0 Å². The molecule has 0 saturated carbocycles. The highest BCUT2D eigenvalue weighted by molar-refractivity contribution is 5.30. The van der Waals surface area contributed by atoms with E-state index in [-0.39, 0.29) is 0 Å². The van der Waals surface area contributed by atoms with Crippen LogP contribution < -0.4 is 5.32 Å². The van der Waals surface area contributed by atoms with Crippen molar-refractivity contribution in [1.29, 1.82) is 0 Å². The number of aryl methyl sites for hydroxylation is 1. The van der Waals surface area contributed by atoms with Crippen LogP contribution in [0.2, 0.25) is 0 Å². The number of hydrogen-bond donors (Lipinski definition) is 1. The number of rotatable bonds is 5. The lowest BCUT2D eigenvalue weighted by Gasteiger charge is -2.50. The van der Waals surface area contributed by atoms with Crippen LogP contribution in [0.4, 0.5) is 0 Å². The van der Waals surface area contributed by atoms with Crippen molar-refractivity contribution in [3.63, 3.8) is 0 Å². The van der Waals surface area contributed by atoms with Gasteiger partial charge in [-0.1, -0.05) is 31.2 Å². The minimum absolute atomic E-state index is 0.472. The van der Waals surface area contributed by atoms with Gasteiger partial charge < -0.3 is 5.32 Å². The van der Waals surface area contributed by atoms with Crippen LogP contribution in [-0.2, 0) is 0 Å². The molecule has 2 bridgehead atoms. The third-order valence-corrected chi connectivity index (χ3v) is 4.84. The molecule has 1 aromatic carbocycles. The molecule has 0 spiro atoms. The molecule has 3 heteroatoms. The van der Waals surface area contributed by atoms with E-state index in [0.717, 1.165) is 6.54 Å². The standard InChI is InChI=1S/C17H27N3/c1-3-8-18-17(15-7-5-4-6-14(15)2)16-13-19-9-11-20(16)12-10-19/h4-7,16-18H,3,8-13H2,1-2H3. The van der Waals surface area contributed by atoms with E-state index in [1.165, 1.54) is 50.3 Å². The molecule has 3 saturated heterocycles. The van der Waals surface area contributed by atoms with Crippen molar-refractivity contribution >= 4 is 0 Å². The number of piperazine rings is 3. The summed E-state index contributed by atoms with van der Waals surface area (Å²) in [4.78, 5) is 5.32. The van der Waals surface area contributed by atoms with Gasteiger partial charge in [-0.05, 0) is 31.0 Å². The fourth-order valence-corrected chi connectivity index (χ4v) is 3.66. The minimum Gasteiger partial charge on any atom is -0.309 e. The van der Waals surface area contributed by atoms with Crippen molar-refractivity contribution in [3.05, 3.63) is 35.4 Å². The Morgan fingerprint density at radius 2 is 1.95 bits per heavy atom. The van der Waals surface area contributed by atoms with E-state index in [1.54, 1.807) is 0 Å². The van der Waals surface area contributed by atoms with Gasteiger partial charge in [0.1, 0.15) is 0 Å². The highest BCUT2D eigenvalue weighted by Gasteiger charge is 2.37. The van der Waals surface area contributed by atoms with Gasteiger partial charge in [0.05, 0.1) is 0 Å². The average molecular weight is 273 g/mol. The molecule has 3 fully saturated rings. The molecule has 0 aliphatic carbocycles. The summed E-state index contributed by atoms with van der Waals surface area (Å²) in [6, 6.07) is 9.98. The monoisotopic (exact) mass is 273 g/mol. The molecule has 3 aliphatic heterocycles. The summed E-state index contributed by atoms with van der Waals surface area (Å²) in [5.41, 5.74) is 2.90. The number of nitrogens with zero attached hydrogens (tertiary/aromatic N) is 2. The molecule has 20 heavy (non-hydrogen) atoms.